The van der Waals surface area contributed by atoms with Crippen molar-refractivity contribution in [3.8, 4) is 11.1 Å². The van der Waals surface area contributed by atoms with Gasteiger partial charge < -0.3 is 0 Å². The third-order valence-electron chi connectivity index (χ3n) is 5.12. The highest BCUT2D eigenvalue weighted by molar-refractivity contribution is 6.21. The molecule has 0 fully saturated rings. The summed E-state index contributed by atoms with van der Waals surface area (Å²) in [6.07, 6.45) is 3.59. The zero-order chi connectivity index (χ0) is 18.5. The van der Waals surface area contributed by atoms with Gasteiger partial charge in [0.2, 0.25) is 0 Å². The number of hydrogen-bond acceptors (Lipinski definition) is 4. The van der Waals surface area contributed by atoms with Crippen LogP contribution in [-0.4, -0.2) is 19.9 Å². The van der Waals surface area contributed by atoms with Crippen molar-refractivity contribution >= 4 is 43.9 Å². The topological polar surface area (TPSA) is 51.6 Å². The van der Waals surface area contributed by atoms with Gasteiger partial charge in [0, 0.05) is 23.2 Å². The van der Waals surface area contributed by atoms with E-state index < -0.39 is 0 Å². The maximum atomic E-state index is 5.01. The molecule has 0 aliphatic rings. The monoisotopic (exact) mass is 358 g/mol. The zero-order valence-corrected chi connectivity index (χ0v) is 14.9. The molecule has 4 heteroatoms. The highest BCUT2D eigenvalue weighted by atomic mass is 14.8. The van der Waals surface area contributed by atoms with Crippen LogP contribution >= 0.6 is 0 Å². The minimum absolute atomic E-state index is 0.860. The van der Waals surface area contributed by atoms with Gasteiger partial charge in [-0.25, -0.2) is 9.97 Å². The fraction of sp³-hybridized carbons (Fsp3) is 0. The van der Waals surface area contributed by atoms with Gasteiger partial charge in [-0.05, 0) is 47.5 Å². The van der Waals surface area contributed by atoms with E-state index in [2.05, 4.69) is 34.2 Å². The van der Waals surface area contributed by atoms with Crippen molar-refractivity contribution in [3.05, 3.63) is 85.2 Å². The Kier molecular flexibility index (Phi) is 3.14. The summed E-state index contributed by atoms with van der Waals surface area (Å²) >= 11 is 0. The fourth-order valence-corrected chi connectivity index (χ4v) is 3.81. The molecule has 0 saturated heterocycles. The standard InChI is InChI=1S/C24H14N4/c1-2-6-15(7-3-1)16-10-11-19-20(14-16)28-24-18-9-5-13-26-22(18)21-17(23(24)27-19)8-4-12-25-21/h1-14H. The van der Waals surface area contributed by atoms with E-state index in [1.807, 2.05) is 48.5 Å². The molecule has 6 aromatic rings. The summed E-state index contributed by atoms with van der Waals surface area (Å²) in [4.78, 5) is 19.1. The lowest BCUT2D eigenvalue weighted by molar-refractivity contribution is 1.36. The predicted octanol–water partition coefficient (Wildman–Crippen LogP) is 5.55. The smallest absolute Gasteiger partial charge is 0.0996 e. The number of pyridine rings is 2. The molecular formula is C24H14N4. The molecular weight excluding hydrogens is 344 g/mol. The molecule has 0 radical (unpaired) electrons. The van der Waals surface area contributed by atoms with Gasteiger partial charge in [-0.3, -0.25) is 9.97 Å². The summed E-state index contributed by atoms with van der Waals surface area (Å²) in [5, 5.41) is 1.95. The molecule has 6 rings (SSSR count). The first-order valence-electron chi connectivity index (χ1n) is 9.17. The number of fused-ring (bicyclic) bond motifs is 7. The molecule has 130 valence electrons. The van der Waals surface area contributed by atoms with Gasteiger partial charge in [0.1, 0.15) is 0 Å². The van der Waals surface area contributed by atoms with E-state index in [1.54, 1.807) is 12.4 Å². The first-order valence-corrected chi connectivity index (χ1v) is 9.17. The van der Waals surface area contributed by atoms with Gasteiger partial charge in [-0.1, -0.05) is 36.4 Å². The molecule has 0 aliphatic heterocycles. The van der Waals surface area contributed by atoms with Crippen LogP contribution in [0.5, 0.6) is 0 Å². The summed E-state index contributed by atoms with van der Waals surface area (Å²) in [7, 11) is 0. The van der Waals surface area contributed by atoms with Gasteiger partial charge in [-0.2, -0.15) is 0 Å². The van der Waals surface area contributed by atoms with Gasteiger partial charge in [0.25, 0.3) is 0 Å². The van der Waals surface area contributed by atoms with Crippen molar-refractivity contribution in [2.45, 2.75) is 0 Å². The van der Waals surface area contributed by atoms with Gasteiger partial charge in [0.15, 0.2) is 0 Å². The highest BCUT2D eigenvalue weighted by Crippen LogP contribution is 2.32. The molecule has 3 aromatic heterocycles. The summed E-state index contributed by atoms with van der Waals surface area (Å²) in [6, 6.07) is 24.5. The maximum Gasteiger partial charge on any atom is 0.0996 e. The Hall–Kier alpha value is -3.92. The van der Waals surface area contributed by atoms with Gasteiger partial charge >= 0.3 is 0 Å². The van der Waals surface area contributed by atoms with Crippen molar-refractivity contribution in [2.24, 2.45) is 0 Å². The van der Waals surface area contributed by atoms with Crippen LogP contribution in [0.15, 0.2) is 85.2 Å². The Morgan fingerprint density at radius 3 is 1.79 bits per heavy atom. The molecule has 28 heavy (non-hydrogen) atoms. The second kappa shape index (κ2) is 5.79. The van der Waals surface area contributed by atoms with Crippen molar-refractivity contribution in [3.63, 3.8) is 0 Å². The van der Waals surface area contributed by atoms with Crippen LogP contribution in [0, 0.1) is 0 Å². The third kappa shape index (κ3) is 2.18. The molecule has 3 aromatic carbocycles. The van der Waals surface area contributed by atoms with Crippen molar-refractivity contribution in [2.75, 3.05) is 0 Å². The van der Waals surface area contributed by atoms with Crippen LogP contribution in [-0.2, 0) is 0 Å². The predicted molar refractivity (Wildman–Crippen MR) is 113 cm³/mol. The second-order valence-electron chi connectivity index (χ2n) is 6.79. The lowest BCUT2D eigenvalue weighted by atomic mass is 10.0. The minimum Gasteiger partial charge on any atom is -0.254 e. The molecule has 0 atom stereocenters. The Morgan fingerprint density at radius 1 is 0.464 bits per heavy atom. The number of benzene rings is 3. The molecule has 0 amide bonds. The molecule has 0 N–H and O–H groups in total. The van der Waals surface area contributed by atoms with E-state index >= 15 is 0 Å². The number of rotatable bonds is 1. The van der Waals surface area contributed by atoms with Gasteiger partial charge in [-0.15, -0.1) is 0 Å². The average molecular weight is 358 g/mol. The largest absolute Gasteiger partial charge is 0.254 e. The van der Waals surface area contributed by atoms with E-state index in [0.717, 1.165) is 49.4 Å². The van der Waals surface area contributed by atoms with Crippen LogP contribution in [0.2, 0.25) is 0 Å². The molecule has 0 bridgehead atoms. The van der Waals surface area contributed by atoms with E-state index in [4.69, 9.17) is 9.97 Å². The molecule has 4 nitrogen and oxygen atoms in total. The minimum atomic E-state index is 0.860. The van der Waals surface area contributed by atoms with E-state index in [0.29, 0.717) is 0 Å². The molecule has 0 aliphatic carbocycles. The quantitative estimate of drug-likeness (QED) is 0.286. The van der Waals surface area contributed by atoms with Crippen LogP contribution < -0.4 is 0 Å². The highest BCUT2D eigenvalue weighted by Gasteiger charge is 2.13. The Morgan fingerprint density at radius 2 is 1.11 bits per heavy atom. The summed E-state index contributed by atoms with van der Waals surface area (Å²) in [5.74, 6) is 0. The number of nitrogens with zero attached hydrogens (tertiary/aromatic N) is 4. The third-order valence-corrected chi connectivity index (χ3v) is 5.12. The number of aromatic nitrogens is 4. The molecule has 0 unspecified atom stereocenters. The second-order valence-corrected chi connectivity index (χ2v) is 6.79. The summed E-state index contributed by atoms with van der Waals surface area (Å²) in [5.41, 5.74) is 7.50. The van der Waals surface area contributed by atoms with E-state index in [9.17, 15) is 0 Å². The first-order chi connectivity index (χ1) is 13.9. The lowest BCUT2D eigenvalue weighted by Crippen LogP contribution is -1.94. The fourth-order valence-electron chi connectivity index (χ4n) is 3.81. The Bertz CT molecular complexity index is 1510. The maximum absolute atomic E-state index is 5.01. The van der Waals surface area contributed by atoms with Crippen LogP contribution in [0.25, 0.3) is 55.0 Å². The van der Waals surface area contributed by atoms with Crippen molar-refractivity contribution in [1.82, 2.24) is 19.9 Å². The molecule has 0 saturated carbocycles. The summed E-state index contributed by atoms with van der Waals surface area (Å²) < 4.78 is 0. The first kappa shape index (κ1) is 15.2. The van der Waals surface area contributed by atoms with Crippen LogP contribution in [0.3, 0.4) is 0 Å². The average Bonchev–Trinajstić information content (AvgIpc) is 2.78. The molecule has 0 spiro atoms. The zero-order valence-electron chi connectivity index (χ0n) is 14.9. The molecule has 3 heterocycles. The SMILES string of the molecule is c1ccc(-c2ccc3nc4c5cccnc5c5ncccc5c4nc3c2)cc1. The Labute approximate surface area is 160 Å². The number of hydrogen-bond donors (Lipinski definition) is 0. The van der Waals surface area contributed by atoms with Crippen molar-refractivity contribution in [1.29, 1.82) is 0 Å². The van der Waals surface area contributed by atoms with Crippen LogP contribution in [0.4, 0.5) is 0 Å². The lowest BCUT2D eigenvalue weighted by Gasteiger charge is -2.09. The van der Waals surface area contributed by atoms with Crippen molar-refractivity contribution < 1.29 is 0 Å². The van der Waals surface area contributed by atoms with E-state index in [-0.39, 0.29) is 0 Å². The summed E-state index contributed by atoms with van der Waals surface area (Å²) in [6.45, 7) is 0. The van der Waals surface area contributed by atoms with Crippen LogP contribution in [0.1, 0.15) is 0 Å². The Balaban J connectivity index is 1.75. The normalized spacial score (nSPS) is 11.6. The van der Waals surface area contributed by atoms with E-state index in [1.165, 1.54) is 5.56 Å². The van der Waals surface area contributed by atoms with Gasteiger partial charge in [0.05, 0.1) is 33.1 Å².